The Kier molecular flexibility index (Phi) is 4.97. The van der Waals surface area contributed by atoms with E-state index in [-0.39, 0.29) is 12.5 Å². The van der Waals surface area contributed by atoms with Gasteiger partial charge in [-0.1, -0.05) is 13.8 Å². The molecule has 1 amide bonds. The Balaban J connectivity index is 2.55. The molecule has 5 nitrogen and oxygen atoms in total. The predicted octanol–water partition coefficient (Wildman–Crippen LogP) is 0.988. The van der Waals surface area contributed by atoms with Crippen LogP contribution in [0.25, 0.3) is 0 Å². The molecule has 0 saturated carbocycles. The third kappa shape index (κ3) is 4.63. The molecule has 0 aliphatic heterocycles. The van der Waals surface area contributed by atoms with E-state index < -0.39 is 6.10 Å². The van der Waals surface area contributed by atoms with Crippen molar-refractivity contribution < 1.29 is 9.90 Å². The van der Waals surface area contributed by atoms with E-state index in [0.717, 1.165) is 0 Å². The lowest BCUT2D eigenvalue weighted by molar-refractivity contribution is 0.0900. The molecule has 0 aromatic heterocycles. The molecular weight excluding hydrogens is 230 g/mol. The van der Waals surface area contributed by atoms with Gasteiger partial charge in [0.2, 0.25) is 0 Å². The highest BCUT2D eigenvalue weighted by molar-refractivity contribution is 5.96. The van der Waals surface area contributed by atoms with Crippen LogP contribution in [0, 0.1) is 5.92 Å². The number of aliphatic hydroxyl groups is 1. The molecule has 1 rings (SSSR count). The second-order valence-corrected chi connectivity index (χ2v) is 4.88. The molecule has 0 bridgehead atoms. The summed E-state index contributed by atoms with van der Waals surface area (Å²) in [5.41, 5.74) is 12.5. The SMILES string of the molecule is CC(C)CC(O)CNC(=O)c1cc(N)cc(N)c1. The van der Waals surface area contributed by atoms with Crippen molar-refractivity contribution in [3.05, 3.63) is 23.8 Å². The lowest BCUT2D eigenvalue weighted by Crippen LogP contribution is -2.32. The first-order chi connectivity index (χ1) is 8.38. The van der Waals surface area contributed by atoms with Crippen LogP contribution in [0.15, 0.2) is 18.2 Å². The van der Waals surface area contributed by atoms with E-state index >= 15 is 0 Å². The molecule has 18 heavy (non-hydrogen) atoms. The van der Waals surface area contributed by atoms with E-state index in [1.165, 1.54) is 0 Å². The number of nitrogens with one attached hydrogen (secondary N) is 1. The molecule has 5 heteroatoms. The molecule has 0 aliphatic rings. The average Bonchev–Trinajstić information content (AvgIpc) is 2.23. The normalized spacial score (nSPS) is 12.4. The Labute approximate surface area is 107 Å². The maximum absolute atomic E-state index is 11.8. The van der Waals surface area contributed by atoms with Gasteiger partial charge in [-0.3, -0.25) is 4.79 Å². The first-order valence-corrected chi connectivity index (χ1v) is 6.00. The fourth-order valence-electron chi connectivity index (χ4n) is 1.75. The summed E-state index contributed by atoms with van der Waals surface area (Å²) >= 11 is 0. The number of benzene rings is 1. The molecule has 0 spiro atoms. The maximum atomic E-state index is 11.8. The van der Waals surface area contributed by atoms with Crippen molar-refractivity contribution in [2.75, 3.05) is 18.0 Å². The standard InChI is InChI=1S/C13H21N3O2/c1-8(2)3-12(17)7-16-13(18)9-4-10(14)6-11(15)5-9/h4-6,8,12,17H,3,7,14-15H2,1-2H3,(H,16,18). The van der Waals surface area contributed by atoms with Crippen LogP contribution in [0.5, 0.6) is 0 Å². The van der Waals surface area contributed by atoms with Gasteiger partial charge in [-0.2, -0.15) is 0 Å². The largest absolute Gasteiger partial charge is 0.399 e. The summed E-state index contributed by atoms with van der Waals surface area (Å²) in [5.74, 6) is 0.108. The first kappa shape index (κ1) is 14.3. The van der Waals surface area contributed by atoms with Crippen LogP contribution in [0.3, 0.4) is 0 Å². The Hall–Kier alpha value is -1.75. The van der Waals surface area contributed by atoms with Gasteiger partial charge in [-0.15, -0.1) is 0 Å². The van der Waals surface area contributed by atoms with Gasteiger partial charge in [0.05, 0.1) is 6.10 Å². The molecule has 100 valence electrons. The number of carbonyl (C=O) groups is 1. The molecule has 0 fully saturated rings. The van der Waals surface area contributed by atoms with Gasteiger partial charge in [0, 0.05) is 23.5 Å². The third-order valence-corrected chi connectivity index (χ3v) is 2.48. The Morgan fingerprint density at radius 3 is 2.33 bits per heavy atom. The van der Waals surface area contributed by atoms with Crippen molar-refractivity contribution in [1.82, 2.24) is 5.32 Å². The second-order valence-electron chi connectivity index (χ2n) is 4.88. The number of carbonyl (C=O) groups excluding carboxylic acids is 1. The zero-order valence-corrected chi connectivity index (χ0v) is 10.8. The zero-order valence-electron chi connectivity index (χ0n) is 10.8. The Morgan fingerprint density at radius 2 is 1.83 bits per heavy atom. The minimum absolute atomic E-state index is 0.228. The molecule has 6 N–H and O–H groups in total. The molecule has 1 aromatic carbocycles. The first-order valence-electron chi connectivity index (χ1n) is 6.00. The van der Waals surface area contributed by atoms with Crippen LogP contribution in [0.1, 0.15) is 30.6 Å². The Morgan fingerprint density at radius 1 is 1.28 bits per heavy atom. The number of hydrogen-bond donors (Lipinski definition) is 4. The fourth-order valence-corrected chi connectivity index (χ4v) is 1.75. The lowest BCUT2D eigenvalue weighted by atomic mass is 10.1. The lowest BCUT2D eigenvalue weighted by Gasteiger charge is -2.14. The van der Waals surface area contributed by atoms with Crippen LogP contribution in [0.4, 0.5) is 11.4 Å². The summed E-state index contributed by atoms with van der Waals surface area (Å²) in [5, 5.41) is 12.3. The van der Waals surface area contributed by atoms with Crippen molar-refractivity contribution in [2.45, 2.75) is 26.4 Å². The van der Waals surface area contributed by atoms with Crippen LogP contribution < -0.4 is 16.8 Å². The molecule has 0 heterocycles. The average molecular weight is 251 g/mol. The zero-order chi connectivity index (χ0) is 13.7. The third-order valence-electron chi connectivity index (χ3n) is 2.48. The van der Waals surface area contributed by atoms with Crippen molar-refractivity contribution in [3.8, 4) is 0 Å². The van der Waals surface area contributed by atoms with Crippen LogP contribution in [-0.4, -0.2) is 23.7 Å². The van der Waals surface area contributed by atoms with Crippen molar-refractivity contribution in [3.63, 3.8) is 0 Å². The number of anilines is 2. The minimum atomic E-state index is -0.535. The van der Waals surface area contributed by atoms with Gasteiger partial charge in [0.1, 0.15) is 0 Å². The summed E-state index contributed by atoms with van der Waals surface area (Å²) in [4.78, 5) is 11.8. The highest BCUT2D eigenvalue weighted by Gasteiger charge is 2.11. The molecule has 1 atom stereocenters. The highest BCUT2D eigenvalue weighted by Crippen LogP contribution is 2.13. The summed E-state index contributed by atoms with van der Waals surface area (Å²) < 4.78 is 0. The topological polar surface area (TPSA) is 101 Å². The van der Waals surface area contributed by atoms with Crippen LogP contribution >= 0.6 is 0 Å². The van der Waals surface area contributed by atoms with E-state index in [2.05, 4.69) is 5.32 Å². The van der Waals surface area contributed by atoms with Gasteiger partial charge in [-0.05, 0) is 30.5 Å². The Bertz CT molecular complexity index is 398. The van der Waals surface area contributed by atoms with E-state index in [9.17, 15) is 9.90 Å². The molecule has 1 aromatic rings. The second kappa shape index (κ2) is 6.26. The van der Waals surface area contributed by atoms with Gasteiger partial charge in [0.15, 0.2) is 0 Å². The smallest absolute Gasteiger partial charge is 0.251 e. The van der Waals surface area contributed by atoms with Gasteiger partial charge < -0.3 is 21.9 Å². The van der Waals surface area contributed by atoms with E-state index in [4.69, 9.17) is 11.5 Å². The summed E-state index contributed by atoms with van der Waals surface area (Å²) in [6.07, 6.45) is 0.117. The van der Waals surface area contributed by atoms with Gasteiger partial charge >= 0.3 is 0 Å². The number of hydrogen-bond acceptors (Lipinski definition) is 4. The maximum Gasteiger partial charge on any atom is 0.251 e. The molecule has 0 saturated heterocycles. The number of nitrogens with two attached hydrogens (primary N) is 2. The van der Waals surface area contributed by atoms with Crippen LogP contribution in [-0.2, 0) is 0 Å². The van der Waals surface area contributed by atoms with Crippen LogP contribution in [0.2, 0.25) is 0 Å². The van der Waals surface area contributed by atoms with Crippen molar-refractivity contribution in [1.29, 1.82) is 0 Å². The summed E-state index contributed by atoms with van der Waals surface area (Å²) in [6, 6.07) is 4.70. The predicted molar refractivity (Wildman–Crippen MR) is 73.1 cm³/mol. The molecular formula is C13H21N3O2. The molecule has 0 aliphatic carbocycles. The van der Waals surface area contributed by atoms with E-state index in [1.54, 1.807) is 18.2 Å². The van der Waals surface area contributed by atoms with Crippen molar-refractivity contribution >= 4 is 17.3 Å². The van der Waals surface area contributed by atoms with Crippen molar-refractivity contribution in [2.24, 2.45) is 5.92 Å². The number of rotatable bonds is 5. The van der Waals surface area contributed by atoms with E-state index in [0.29, 0.717) is 29.3 Å². The van der Waals surface area contributed by atoms with E-state index in [1.807, 2.05) is 13.8 Å². The highest BCUT2D eigenvalue weighted by atomic mass is 16.3. The summed E-state index contributed by atoms with van der Waals surface area (Å²) in [6.45, 7) is 4.26. The van der Waals surface area contributed by atoms with Gasteiger partial charge in [-0.25, -0.2) is 0 Å². The summed E-state index contributed by atoms with van der Waals surface area (Å²) in [7, 11) is 0. The number of amides is 1. The minimum Gasteiger partial charge on any atom is -0.399 e. The monoisotopic (exact) mass is 251 g/mol. The molecule has 0 radical (unpaired) electrons. The number of nitrogen functional groups attached to an aromatic ring is 2. The fraction of sp³-hybridized carbons (Fsp3) is 0.462. The molecule has 1 unspecified atom stereocenters. The quantitative estimate of drug-likeness (QED) is 0.586. The number of aliphatic hydroxyl groups excluding tert-OH is 1. The van der Waals surface area contributed by atoms with Gasteiger partial charge in [0.25, 0.3) is 5.91 Å².